The van der Waals surface area contributed by atoms with Crippen LogP contribution in [-0.4, -0.2) is 75.5 Å². The second-order valence-electron chi connectivity index (χ2n) is 11.0. The first kappa shape index (κ1) is 26.6. The molecule has 5 rings (SSSR count). The molecule has 0 amide bonds. The molecule has 3 atom stereocenters. The Labute approximate surface area is 217 Å². The van der Waals surface area contributed by atoms with Gasteiger partial charge in [0, 0.05) is 37.3 Å². The predicted molar refractivity (Wildman–Crippen MR) is 135 cm³/mol. The number of aromatic nitrogens is 3. The molecule has 37 heavy (non-hydrogen) atoms. The molecule has 11 heteroatoms. The fraction of sp³-hybridized carbons (Fsp3) is 0.692. The van der Waals surface area contributed by atoms with Crippen molar-refractivity contribution < 1.29 is 22.3 Å². The van der Waals surface area contributed by atoms with E-state index in [0.29, 0.717) is 49.4 Å². The number of piperidine rings is 2. The minimum absolute atomic E-state index is 0.0369. The highest BCUT2D eigenvalue weighted by Gasteiger charge is 2.42. The maximum Gasteiger partial charge on any atom is 0.211 e. The SMILES string of the molecule is Cc1nnc(CO)n1C1CC2CCC(C1)N2CC[C@@H](c1cc(F)cc(F)c1)C1CCN(S(C)(=O)=O)CC1. The summed E-state index contributed by atoms with van der Waals surface area (Å²) in [5.74, 6) is 0.433. The molecule has 3 saturated heterocycles. The molecule has 2 aromatic rings. The summed E-state index contributed by atoms with van der Waals surface area (Å²) in [6.45, 7) is 3.53. The third-order valence-corrected chi connectivity index (χ3v) is 10.2. The van der Waals surface area contributed by atoms with Crippen LogP contribution in [0.4, 0.5) is 8.78 Å². The standard InChI is InChI=1S/C26H37F2N5O3S/c1-17-29-30-26(16-34)33(17)24-14-22-3-4-23(15-24)32(22)10-7-25(19-11-20(27)13-21(28)12-19)18-5-8-31(9-6-18)37(2,35)36/h11-13,18,22-25,34H,3-10,14-16H2,1-2H3/t22?,23?,24?,25-/m1/s1. The monoisotopic (exact) mass is 537 g/mol. The number of fused-ring (bicyclic) bond motifs is 2. The average Bonchev–Trinajstić information content (AvgIpc) is 3.33. The van der Waals surface area contributed by atoms with E-state index in [9.17, 15) is 22.3 Å². The second kappa shape index (κ2) is 10.7. The summed E-state index contributed by atoms with van der Waals surface area (Å²) in [7, 11) is -3.24. The largest absolute Gasteiger partial charge is 0.388 e. The van der Waals surface area contributed by atoms with Crippen LogP contribution in [0.25, 0.3) is 0 Å². The normalized spacial score (nSPS) is 26.6. The van der Waals surface area contributed by atoms with Crippen LogP contribution in [0.5, 0.6) is 0 Å². The van der Waals surface area contributed by atoms with E-state index in [1.165, 1.54) is 22.7 Å². The third-order valence-electron chi connectivity index (χ3n) is 8.85. The minimum atomic E-state index is -3.24. The zero-order chi connectivity index (χ0) is 26.3. The van der Waals surface area contributed by atoms with Crippen molar-refractivity contribution in [3.05, 3.63) is 47.0 Å². The Hall–Kier alpha value is -1.95. The van der Waals surface area contributed by atoms with Gasteiger partial charge in [-0.3, -0.25) is 4.90 Å². The summed E-state index contributed by atoms with van der Waals surface area (Å²) < 4.78 is 56.0. The Morgan fingerprint density at radius 3 is 2.19 bits per heavy atom. The van der Waals surface area contributed by atoms with Crippen LogP contribution in [-0.2, 0) is 16.6 Å². The van der Waals surface area contributed by atoms with Crippen LogP contribution < -0.4 is 0 Å². The smallest absolute Gasteiger partial charge is 0.211 e. The van der Waals surface area contributed by atoms with Gasteiger partial charge >= 0.3 is 0 Å². The molecule has 0 saturated carbocycles. The molecule has 3 aliphatic rings. The molecular weight excluding hydrogens is 500 g/mol. The Morgan fingerprint density at radius 1 is 1.00 bits per heavy atom. The minimum Gasteiger partial charge on any atom is -0.388 e. The zero-order valence-corrected chi connectivity index (χ0v) is 22.4. The van der Waals surface area contributed by atoms with E-state index in [0.717, 1.165) is 50.5 Å². The van der Waals surface area contributed by atoms with Crippen molar-refractivity contribution in [2.75, 3.05) is 25.9 Å². The van der Waals surface area contributed by atoms with Gasteiger partial charge in [-0.05, 0) is 87.9 Å². The summed E-state index contributed by atoms with van der Waals surface area (Å²) in [5, 5.41) is 18.0. The number of hydrogen-bond acceptors (Lipinski definition) is 6. The lowest BCUT2D eigenvalue weighted by Gasteiger charge is -2.41. The highest BCUT2D eigenvalue weighted by molar-refractivity contribution is 7.88. The van der Waals surface area contributed by atoms with Gasteiger partial charge in [-0.15, -0.1) is 10.2 Å². The number of aliphatic hydroxyl groups is 1. The molecule has 204 valence electrons. The lowest BCUT2D eigenvalue weighted by Crippen LogP contribution is -2.45. The Bertz CT molecular complexity index is 1180. The molecule has 1 aromatic heterocycles. The molecular formula is C26H37F2N5O3S. The van der Waals surface area contributed by atoms with Gasteiger partial charge < -0.3 is 9.67 Å². The molecule has 8 nitrogen and oxygen atoms in total. The first-order valence-electron chi connectivity index (χ1n) is 13.3. The average molecular weight is 538 g/mol. The topological polar surface area (TPSA) is 91.6 Å². The van der Waals surface area contributed by atoms with Gasteiger partial charge in [-0.25, -0.2) is 21.5 Å². The number of sulfonamides is 1. The Balaban J connectivity index is 1.30. The first-order chi connectivity index (χ1) is 17.6. The van der Waals surface area contributed by atoms with E-state index in [1.54, 1.807) is 0 Å². The van der Waals surface area contributed by atoms with Gasteiger partial charge in [0.25, 0.3) is 0 Å². The van der Waals surface area contributed by atoms with Gasteiger partial charge in [0.05, 0.1) is 6.26 Å². The van der Waals surface area contributed by atoms with E-state index in [2.05, 4.69) is 19.7 Å². The summed E-state index contributed by atoms with van der Waals surface area (Å²) >= 11 is 0. The Kier molecular flexibility index (Phi) is 7.68. The number of benzene rings is 1. The number of aliphatic hydroxyl groups excluding tert-OH is 1. The zero-order valence-electron chi connectivity index (χ0n) is 21.6. The fourth-order valence-electron chi connectivity index (χ4n) is 7.18. The van der Waals surface area contributed by atoms with Gasteiger partial charge in [0.1, 0.15) is 24.1 Å². The highest BCUT2D eigenvalue weighted by Crippen LogP contribution is 2.43. The van der Waals surface area contributed by atoms with Gasteiger partial charge in [-0.2, -0.15) is 0 Å². The van der Waals surface area contributed by atoms with Crippen LogP contribution in [0.1, 0.15) is 74.1 Å². The third kappa shape index (κ3) is 5.60. The second-order valence-corrected chi connectivity index (χ2v) is 13.0. The quantitative estimate of drug-likeness (QED) is 0.555. The fourth-order valence-corrected chi connectivity index (χ4v) is 8.05. The molecule has 4 heterocycles. The molecule has 1 N–H and O–H groups in total. The first-order valence-corrected chi connectivity index (χ1v) is 15.2. The summed E-state index contributed by atoms with van der Waals surface area (Å²) in [6, 6.07) is 4.89. The van der Waals surface area contributed by atoms with E-state index in [1.807, 2.05) is 6.92 Å². The van der Waals surface area contributed by atoms with E-state index in [-0.39, 0.29) is 24.5 Å². The van der Waals surface area contributed by atoms with Crippen LogP contribution in [0.3, 0.4) is 0 Å². The number of aryl methyl sites for hydroxylation is 1. The van der Waals surface area contributed by atoms with Crippen molar-refractivity contribution in [1.29, 1.82) is 0 Å². The van der Waals surface area contributed by atoms with Crippen molar-refractivity contribution >= 4 is 10.0 Å². The van der Waals surface area contributed by atoms with Crippen molar-refractivity contribution in [3.8, 4) is 0 Å². The molecule has 3 aliphatic heterocycles. The Morgan fingerprint density at radius 2 is 1.62 bits per heavy atom. The van der Waals surface area contributed by atoms with Crippen LogP contribution in [0.15, 0.2) is 18.2 Å². The van der Waals surface area contributed by atoms with Crippen LogP contribution >= 0.6 is 0 Å². The number of halogens is 2. The maximum atomic E-state index is 14.2. The lowest BCUT2D eigenvalue weighted by molar-refractivity contribution is 0.0948. The predicted octanol–water partition coefficient (Wildman–Crippen LogP) is 3.37. The highest BCUT2D eigenvalue weighted by atomic mass is 32.2. The van der Waals surface area contributed by atoms with E-state index in [4.69, 9.17) is 0 Å². The number of hydrogen-bond donors (Lipinski definition) is 1. The molecule has 3 fully saturated rings. The lowest BCUT2D eigenvalue weighted by atomic mass is 9.78. The van der Waals surface area contributed by atoms with Gasteiger partial charge in [0.2, 0.25) is 10.0 Å². The summed E-state index contributed by atoms with van der Waals surface area (Å²) in [5.41, 5.74) is 0.672. The molecule has 1 aromatic carbocycles. The van der Waals surface area contributed by atoms with Crippen molar-refractivity contribution in [3.63, 3.8) is 0 Å². The summed E-state index contributed by atoms with van der Waals surface area (Å²) in [4.78, 5) is 2.57. The number of nitrogens with zero attached hydrogens (tertiary/aromatic N) is 5. The van der Waals surface area contributed by atoms with Gasteiger partial charge in [0.15, 0.2) is 5.82 Å². The van der Waals surface area contributed by atoms with Crippen LogP contribution in [0, 0.1) is 24.5 Å². The molecule has 2 unspecified atom stereocenters. The van der Waals surface area contributed by atoms with Crippen molar-refractivity contribution in [2.45, 2.75) is 82.5 Å². The molecule has 0 spiro atoms. The van der Waals surface area contributed by atoms with Crippen molar-refractivity contribution in [2.24, 2.45) is 5.92 Å². The van der Waals surface area contributed by atoms with E-state index < -0.39 is 21.7 Å². The van der Waals surface area contributed by atoms with E-state index >= 15 is 0 Å². The molecule has 2 bridgehead atoms. The number of rotatable bonds is 8. The van der Waals surface area contributed by atoms with Crippen molar-refractivity contribution in [1.82, 2.24) is 24.0 Å². The summed E-state index contributed by atoms with van der Waals surface area (Å²) in [6.07, 6.45) is 7.53. The van der Waals surface area contributed by atoms with Crippen LogP contribution in [0.2, 0.25) is 0 Å². The maximum absolute atomic E-state index is 14.2. The molecule has 0 radical (unpaired) electrons. The van der Waals surface area contributed by atoms with Gasteiger partial charge in [-0.1, -0.05) is 0 Å². The molecule has 0 aliphatic carbocycles.